The molecule has 98 valence electrons. The van der Waals surface area contributed by atoms with Gasteiger partial charge in [0, 0.05) is 18.2 Å². The number of aryl methyl sites for hydroxylation is 2. The monoisotopic (exact) mass is 258 g/mol. The van der Waals surface area contributed by atoms with Crippen LogP contribution in [0.3, 0.4) is 0 Å². The zero-order chi connectivity index (χ0) is 14.0. The van der Waals surface area contributed by atoms with Crippen LogP contribution in [0.15, 0.2) is 35.1 Å². The van der Waals surface area contributed by atoms with Crippen molar-refractivity contribution in [3.8, 4) is 11.3 Å². The SMILES string of the molecule is Cc1ccc(-c2cc(CC(=O)O)c(=O)n(C)n2)cc1. The molecule has 0 aliphatic carbocycles. The number of hydrogen-bond acceptors (Lipinski definition) is 3. The van der Waals surface area contributed by atoms with E-state index in [2.05, 4.69) is 5.10 Å². The van der Waals surface area contributed by atoms with E-state index in [9.17, 15) is 9.59 Å². The molecular weight excluding hydrogens is 244 g/mol. The molecule has 0 atom stereocenters. The van der Waals surface area contributed by atoms with Crippen molar-refractivity contribution in [3.05, 3.63) is 51.8 Å². The Morgan fingerprint density at radius 2 is 1.95 bits per heavy atom. The normalized spacial score (nSPS) is 10.4. The molecule has 0 aliphatic rings. The first-order chi connectivity index (χ1) is 8.97. The summed E-state index contributed by atoms with van der Waals surface area (Å²) in [6.07, 6.45) is -0.298. The Morgan fingerprint density at radius 1 is 1.32 bits per heavy atom. The summed E-state index contributed by atoms with van der Waals surface area (Å²) in [5, 5.41) is 13.0. The highest BCUT2D eigenvalue weighted by atomic mass is 16.4. The van der Waals surface area contributed by atoms with Crippen molar-refractivity contribution < 1.29 is 9.90 Å². The van der Waals surface area contributed by atoms with Gasteiger partial charge in [-0.3, -0.25) is 9.59 Å². The molecule has 1 heterocycles. The van der Waals surface area contributed by atoms with Crippen molar-refractivity contribution >= 4 is 5.97 Å². The summed E-state index contributed by atoms with van der Waals surface area (Å²) in [7, 11) is 1.52. The van der Waals surface area contributed by atoms with Crippen molar-refractivity contribution in [1.82, 2.24) is 9.78 Å². The number of rotatable bonds is 3. The lowest BCUT2D eigenvalue weighted by Crippen LogP contribution is -2.25. The Kier molecular flexibility index (Phi) is 3.46. The highest BCUT2D eigenvalue weighted by Gasteiger charge is 2.10. The van der Waals surface area contributed by atoms with Gasteiger partial charge in [0.05, 0.1) is 12.1 Å². The molecule has 0 radical (unpaired) electrons. The molecule has 1 N–H and O–H groups in total. The zero-order valence-corrected chi connectivity index (χ0v) is 10.8. The van der Waals surface area contributed by atoms with Crippen LogP contribution in [0, 0.1) is 6.92 Å². The van der Waals surface area contributed by atoms with Gasteiger partial charge in [-0.05, 0) is 13.0 Å². The molecule has 2 aromatic rings. The molecule has 0 unspecified atom stereocenters. The van der Waals surface area contributed by atoms with Gasteiger partial charge < -0.3 is 5.11 Å². The number of carboxylic acids is 1. The number of hydrogen-bond donors (Lipinski definition) is 1. The molecule has 0 saturated heterocycles. The maximum absolute atomic E-state index is 11.8. The van der Waals surface area contributed by atoms with Gasteiger partial charge >= 0.3 is 5.97 Å². The van der Waals surface area contributed by atoms with Gasteiger partial charge in [-0.1, -0.05) is 29.8 Å². The number of aromatic nitrogens is 2. The van der Waals surface area contributed by atoms with Crippen LogP contribution in [0.4, 0.5) is 0 Å². The average Bonchev–Trinajstić information content (AvgIpc) is 2.35. The Hall–Kier alpha value is -2.43. The summed E-state index contributed by atoms with van der Waals surface area (Å²) < 4.78 is 1.17. The van der Waals surface area contributed by atoms with E-state index < -0.39 is 5.97 Å². The molecule has 0 spiro atoms. The summed E-state index contributed by atoms with van der Waals surface area (Å²) in [5.74, 6) is -1.03. The van der Waals surface area contributed by atoms with Crippen LogP contribution in [0.25, 0.3) is 11.3 Å². The molecular formula is C14H14N2O3. The predicted octanol–water partition coefficient (Wildman–Crippen LogP) is 1.38. The lowest BCUT2D eigenvalue weighted by Gasteiger charge is -2.06. The third kappa shape index (κ3) is 2.88. The van der Waals surface area contributed by atoms with Gasteiger partial charge in [-0.25, -0.2) is 4.68 Å². The lowest BCUT2D eigenvalue weighted by atomic mass is 10.1. The van der Waals surface area contributed by atoms with Crippen molar-refractivity contribution in [3.63, 3.8) is 0 Å². The minimum Gasteiger partial charge on any atom is -0.481 e. The van der Waals surface area contributed by atoms with E-state index in [0.717, 1.165) is 11.1 Å². The Labute approximate surface area is 110 Å². The topological polar surface area (TPSA) is 72.2 Å². The third-order valence-electron chi connectivity index (χ3n) is 2.83. The molecule has 0 amide bonds. The van der Waals surface area contributed by atoms with Crippen molar-refractivity contribution in [2.45, 2.75) is 13.3 Å². The Balaban J connectivity index is 2.53. The summed E-state index contributed by atoms with van der Waals surface area (Å²) in [4.78, 5) is 22.5. The third-order valence-corrected chi connectivity index (χ3v) is 2.83. The summed E-state index contributed by atoms with van der Waals surface area (Å²) >= 11 is 0. The molecule has 0 fully saturated rings. The first-order valence-corrected chi connectivity index (χ1v) is 5.83. The largest absolute Gasteiger partial charge is 0.481 e. The van der Waals surface area contributed by atoms with Crippen LogP contribution in [0.5, 0.6) is 0 Å². The van der Waals surface area contributed by atoms with Gasteiger partial charge in [0.15, 0.2) is 0 Å². The van der Waals surface area contributed by atoms with E-state index in [4.69, 9.17) is 5.11 Å². The Morgan fingerprint density at radius 3 is 2.53 bits per heavy atom. The van der Waals surface area contributed by atoms with E-state index in [-0.39, 0.29) is 17.5 Å². The van der Waals surface area contributed by atoms with Crippen LogP contribution in [-0.4, -0.2) is 20.9 Å². The van der Waals surface area contributed by atoms with Crippen LogP contribution in [-0.2, 0) is 18.3 Å². The molecule has 19 heavy (non-hydrogen) atoms. The van der Waals surface area contributed by atoms with E-state index in [1.165, 1.54) is 11.7 Å². The summed E-state index contributed by atoms with van der Waals surface area (Å²) in [5.41, 5.74) is 2.43. The predicted molar refractivity (Wildman–Crippen MR) is 71.0 cm³/mol. The number of carboxylic acid groups (broad SMARTS) is 1. The first kappa shape index (κ1) is 13.0. The molecule has 5 heteroatoms. The second-order valence-electron chi connectivity index (χ2n) is 4.42. The van der Waals surface area contributed by atoms with E-state index in [0.29, 0.717) is 5.69 Å². The van der Waals surface area contributed by atoms with Crippen LogP contribution < -0.4 is 5.56 Å². The highest BCUT2D eigenvalue weighted by molar-refractivity contribution is 5.71. The first-order valence-electron chi connectivity index (χ1n) is 5.83. The van der Waals surface area contributed by atoms with Gasteiger partial charge in [0.2, 0.25) is 0 Å². The average molecular weight is 258 g/mol. The molecule has 5 nitrogen and oxygen atoms in total. The summed E-state index contributed by atoms with van der Waals surface area (Å²) in [6.45, 7) is 1.98. The fraction of sp³-hybridized carbons (Fsp3) is 0.214. The second kappa shape index (κ2) is 5.06. The van der Waals surface area contributed by atoms with Crippen LogP contribution in [0.2, 0.25) is 0 Å². The maximum atomic E-state index is 11.8. The smallest absolute Gasteiger partial charge is 0.308 e. The Bertz CT molecular complexity index is 672. The zero-order valence-electron chi connectivity index (χ0n) is 10.8. The highest BCUT2D eigenvalue weighted by Crippen LogP contribution is 2.17. The maximum Gasteiger partial charge on any atom is 0.308 e. The quantitative estimate of drug-likeness (QED) is 0.902. The van der Waals surface area contributed by atoms with Crippen molar-refractivity contribution in [1.29, 1.82) is 0 Å². The number of benzene rings is 1. The van der Waals surface area contributed by atoms with Crippen LogP contribution >= 0.6 is 0 Å². The summed E-state index contributed by atoms with van der Waals surface area (Å²) in [6, 6.07) is 9.22. The van der Waals surface area contributed by atoms with Crippen molar-refractivity contribution in [2.24, 2.45) is 7.05 Å². The fourth-order valence-electron chi connectivity index (χ4n) is 1.83. The minimum atomic E-state index is -1.03. The number of aliphatic carboxylic acids is 1. The van der Waals surface area contributed by atoms with Gasteiger partial charge in [-0.2, -0.15) is 5.10 Å². The molecule has 0 aliphatic heterocycles. The molecule has 0 bridgehead atoms. The number of nitrogens with zero attached hydrogens (tertiary/aromatic N) is 2. The molecule has 1 aromatic heterocycles. The van der Waals surface area contributed by atoms with E-state index in [1.807, 2.05) is 31.2 Å². The van der Waals surface area contributed by atoms with E-state index in [1.54, 1.807) is 6.07 Å². The van der Waals surface area contributed by atoms with E-state index >= 15 is 0 Å². The number of carbonyl (C=O) groups is 1. The fourth-order valence-corrected chi connectivity index (χ4v) is 1.83. The molecule has 1 aromatic carbocycles. The molecule has 0 saturated carbocycles. The van der Waals surface area contributed by atoms with Gasteiger partial charge in [-0.15, -0.1) is 0 Å². The minimum absolute atomic E-state index is 0.237. The van der Waals surface area contributed by atoms with Gasteiger partial charge in [0.25, 0.3) is 5.56 Å². The van der Waals surface area contributed by atoms with Gasteiger partial charge in [0.1, 0.15) is 0 Å². The second-order valence-corrected chi connectivity index (χ2v) is 4.42. The van der Waals surface area contributed by atoms with Crippen LogP contribution in [0.1, 0.15) is 11.1 Å². The molecule has 2 rings (SSSR count). The lowest BCUT2D eigenvalue weighted by molar-refractivity contribution is -0.136. The standard InChI is InChI=1S/C14H14N2O3/c1-9-3-5-10(6-4-9)12-7-11(8-13(17)18)14(19)16(2)15-12/h3-7H,8H2,1-2H3,(H,17,18). The van der Waals surface area contributed by atoms with Crippen molar-refractivity contribution in [2.75, 3.05) is 0 Å².